The van der Waals surface area contributed by atoms with Gasteiger partial charge >= 0.3 is 5.97 Å². The number of carboxylic acids is 1. The van der Waals surface area contributed by atoms with Crippen molar-refractivity contribution in [2.75, 3.05) is 0 Å². The molecule has 0 aromatic heterocycles. The van der Waals surface area contributed by atoms with Crippen molar-refractivity contribution in [2.24, 2.45) is 5.92 Å². The van der Waals surface area contributed by atoms with Gasteiger partial charge in [0.15, 0.2) is 0 Å². The summed E-state index contributed by atoms with van der Waals surface area (Å²) in [5, 5.41) is 11.3. The van der Waals surface area contributed by atoms with Gasteiger partial charge in [-0.25, -0.2) is 4.79 Å². The van der Waals surface area contributed by atoms with E-state index in [2.05, 4.69) is 5.32 Å². The van der Waals surface area contributed by atoms with Crippen LogP contribution in [-0.4, -0.2) is 23.0 Å². The molecule has 0 heterocycles. The molecule has 0 fully saturated rings. The molecular formula is C10H17NO3. The van der Waals surface area contributed by atoms with Crippen molar-refractivity contribution in [3.63, 3.8) is 0 Å². The molecule has 0 aromatic rings. The lowest BCUT2D eigenvalue weighted by atomic mass is 9.99. The Balaban J connectivity index is 4.38. The fraction of sp³-hybridized carbons (Fsp3) is 0.600. The van der Waals surface area contributed by atoms with Gasteiger partial charge in [0.25, 0.3) is 0 Å². The van der Waals surface area contributed by atoms with E-state index in [9.17, 15) is 9.59 Å². The van der Waals surface area contributed by atoms with Crippen LogP contribution in [-0.2, 0) is 9.59 Å². The van der Waals surface area contributed by atoms with Crippen molar-refractivity contribution >= 4 is 11.9 Å². The standard InChI is InChI=1S/C10H17NO3/c1-4-6-8(12)11-9(10(13)14)7(3)5-2/h4,6-7,9H,5H2,1-3H3,(H,11,12)(H,13,14)/t7?,9-/m0/s1. The molecule has 1 amide bonds. The van der Waals surface area contributed by atoms with E-state index in [1.54, 1.807) is 19.9 Å². The first-order valence-corrected chi connectivity index (χ1v) is 4.68. The van der Waals surface area contributed by atoms with Gasteiger partial charge in [-0.3, -0.25) is 4.79 Å². The predicted molar refractivity (Wildman–Crippen MR) is 53.8 cm³/mol. The van der Waals surface area contributed by atoms with Crippen LogP contribution in [0.3, 0.4) is 0 Å². The van der Waals surface area contributed by atoms with Crippen LogP contribution in [0.4, 0.5) is 0 Å². The Bertz CT molecular complexity index is 236. The molecule has 14 heavy (non-hydrogen) atoms. The molecule has 2 atom stereocenters. The maximum Gasteiger partial charge on any atom is 0.326 e. The normalized spacial score (nSPS) is 15.1. The first-order valence-electron chi connectivity index (χ1n) is 4.68. The predicted octanol–water partition coefficient (Wildman–Crippen LogP) is 1.18. The zero-order chi connectivity index (χ0) is 11.1. The van der Waals surface area contributed by atoms with Crippen molar-refractivity contribution in [1.82, 2.24) is 5.32 Å². The topological polar surface area (TPSA) is 66.4 Å². The monoisotopic (exact) mass is 199 g/mol. The third kappa shape index (κ3) is 4.07. The first-order chi connectivity index (χ1) is 6.52. The largest absolute Gasteiger partial charge is 0.480 e. The minimum Gasteiger partial charge on any atom is -0.480 e. The average Bonchev–Trinajstić information content (AvgIpc) is 2.13. The Morgan fingerprint density at radius 2 is 2.07 bits per heavy atom. The molecule has 2 N–H and O–H groups in total. The lowest BCUT2D eigenvalue weighted by molar-refractivity contribution is -0.142. The number of carbonyl (C=O) groups is 2. The first kappa shape index (κ1) is 12.7. The molecule has 1 unspecified atom stereocenters. The molecule has 80 valence electrons. The summed E-state index contributed by atoms with van der Waals surface area (Å²) in [6.45, 7) is 5.40. The van der Waals surface area contributed by atoms with Crippen LogP contribution in [0.2, 0.25) is 0 Å². The zero-order valence-corrected chi connectivity index (χ0v) is 8.78. The average molecular weight is 199 g/mol. The molecule has 0 aliphatic carbocycles. The molecule has 4 heteroatoms. The summed E-state index contributed by atoms with van der Waals surface area (Å²) in [6, 6.07) is -0.802. The number of carbonyl (C=O) groups excluding carboxylic acids is 1. The van der Waals surface area contributed by atoms with Gasteiger partial charge in [0.1, 0.15) is 6.04 Å². The summed E-state index contributed by atoms with van der Waals surface area (Å²) < 4.78 is 0. The Labute approximate surface area is 84.0 Å². The molecule has 0 saturated heterocycles. The minimum atomic E-state index is -0.989. The molecule has 4 nitrogen and oxygen atoms in total. The van der Waals surface area contributed by atoms with Gasteiger partial charge in [-0.1, -0.05) is 26.3 Å². The maximum atomic E-state index is 11.1. The van der Waals surface area contributed by atoms with E-state index < -0.39 is 12.0 Å². The lowest BCUT2D eigenvalue weighted by Crippen LogP contribution is -2.44. The van der Waals surface area contributed by atoms with Crippen LogP contribution < -0.4 is 5.32 Å². The maximum absolute atomic E-state index is 11.1. The van der Waals surface area contributed by atoms with Crippen LogP contribution in [0, 0.1) is 5.92 Å². The highest BCUT2D eigenvalue weighted by Crippen LogP contribution is 2.07. The zero-order valence-electron chi connectivity index (χ0n) is 8.78. The van der Waals surface area contributed by atoms with E-state index in [-0.39, 0.29) is 11.8 Å². The molecule has 0 radical (unpaired) electrons. The van der Waals surface area contributed by atoms with Crippen LogP contribution in [0.15, 0.2) is 12.2 Å². The highest BCUT2D eigenvalue weighted by molar-refractivity contribution is 5.91. The Morgan fingerprint density at radius 1 is 1.50 bits per heavy atom. The summed E-state index contributed by atoms with van der Waals surface area (Å²) in [7, 11) is 0. The second-order valence-electron chi connectivity index (χ2n) is 3.21. The second kappa shape index (κ2) is 6.18. The Morgan fingerprint density at radius 3 is 2.43 bits per heavy atom. The molecular weight excluding hydrogens is 182 g/mol. The highest BCUT2D eigenvalue weighted by atomic mass is 16.4. The number of nitrogens with one attached hydrogen (secondary N) is 1. The quantitative estimate of drug-likeness (QED) is 0.653. The van der Waals surface area contributed by atoms with E-state index in [1.807, 2.05) is 6.92 Å². The van der Waals surface area contributed by atoms with E-state index in [1.165, 1.54) is 6.08 Å². The van der Waals surface area contributed by atoms with Gasteiger partial charge in [0, 0.05) is 0 Å². The van der Waals surface area contributed by atoms with Gasteiger partial charge in [-0.05, 0) is 18.9 Å². The fourth-order valence-corrected chi connectivity index (χ4v) is 1.04. The number of hydrogen-bond donors (Lipinski definition) is 2. The third-order valence-electron chi connectivity index (χ3n) is 2.09. The van der Waals surface area contributed by atoms with Gasteiger partial charge < -0.3 is 10.4 Å². The molecule has 0 aliphatic rings. The summed E-state index contributed by atoms with van der Waals surface area (Å²) in [4.78, 5) is 21.9. The van der Waals surface area contributed by atoms with Crippen molar-refractivity contribution in [3.05, 3.63) is 12.2 Å². The number of amides is 1. The molecule has 0 bridgehead atoms. The van der Waals surface area contributed by atoms with Crippen LogP contribution in [0.5, 0.6) is 0 Å². The smallest absolute Gasteiger partial charge is 0.326 e. The van der Waals surface area contributed by atoms with Gasteiger partial charge in [0.05, 0.1) is 0 Å². The van der Waals surface area contributed by atoms with Crippen molar-refractivity contribution in [1.29, 1.82) is 0 Å². The van der Waals surface area contributed by atoms with Gasteiger partial charge in [-0.15, -0.1) is 0 Å². The number of allylic oxidation sites excluding steroid dienone is 1. The van der Waals surface area contributed by atoms with Gasteiger partial charge in [-0.2, -0.15) is 0 Å². The Hall–Kier alpha value is -1.32. The van der Waals surface area contributed by atoms with Crippen LogP contribution >= 0.6 is 0 Å². The van der Waals surface area contributed by atoms with Crippen LogP contribution in [0.25, 0.3) is 0 Å². The number of aliphatic carboxylic acids is 1. The number of hydrogen-bond acceptors (Lipinski definition) is 2. The van der Waals surface area contributed by atoms with Crippen molar-refractivity contribution in [2.45, 2.75) is 33.2 Å². The summed E-state index contributed by atoms with van der Waals surface area (Å²) >= 11 is 0. The SMILES string of the molecule is CC=CC(=O)N[C@H](C(=O)O)C(C)CC. The molecule has 0 saturated carbocycles. The summed E-state index contributed by atoms with van der Waals surface area (Å²) in [5.74, 6) is -1.42. The van der Waals surface area contributed by atoms with E-state index in [0.717, 1.165) is 0 Å². The van der Waals surface area contributed by atoms with E-state index in [0.29, 0.717) is 6.42 Å². The second-order valence-corrected chi connectivity index (χ2v) is 3.21. The minimum absolute atomic E-state index is 0.0679. The molecule has 0 spiro atoms. The van der Waals surface area contributed by atoms with Gasteiger partial charge in [0.2, 0.25) is 5.91 Å². The number of rotatable bonds is 5. The molecule has 0 aliphatic heterocycles. The summed E-state index contributed by atoms with van der Waals surface area (Å²) in [5.41, 5.74) is 0. The lowest BCUT2D eigenvalue weighted by Gasteiger charge is -2.19. The Kier molecular flexibility index (Phi) is 5.60. The summed E-state index contributed by atoms with van der Waals surface area (Å²) in [6.07, 6.45) is 3.61. The third-order valence-corrected chi connectivity index (χ3v) is 2.09. The van der Waals surface area contributed by atoms with Crippen molar-refractivity contribution < 1.29 is 14.7 Å². The molecule has 0 rings (SSSR count). The van der Waals surface area contributed by atoms with E-state index >= 15 is 0 Å². The highest BCUT2D eigenvalue weighted by Gasteiger charge is 2.24. The molecule has 0 aromatic carbocycles. The van der Waals surface area contributed by atoms with Crippen molar-refractivity contribution in [3.8, 4) is 0 Å². The fourth-order valence-electron chi connectivity index (χ4n) is 1.04. The van der Waals surface area contributed by atoms with E-state index in [4.69, 9.17) is 5.11 Å². The van der Waals surface area contributed by atoms with Crippen LogP contribution in [0.1, 0.15) is 27.2 Å². The number of carboxylic acid groups (broad SMARTS) is 1.